The number of imide groups is 2. The third kappa shape index (κ3) is 4.95. The van der Waals surface area contributed by atoms with E-state index in [0.717, 1.165) is 30.1 Å². The molecule has 0 bridgehead atoms. The van der Waals surface area contributed by atoms with Crippen LogP contribution in [-0.2, 0) is 16.1 Å². The zero-order chi connectivity index (χ0) is 19.9. The number of carbonyl (C=O) groups is 3. The standard InChI is InChI=1S/C20H26N4O4/c1-28-16-7-5-15(6-8-16)14-24-19(26)17(18(25)22-20(24)27)13-21-9-12-23-10-3-2-4-11-23/h5-8,13,17H,2-4,9-12,14H2,1H3,(H,22,25,27)/t17-/m1/s1. The number of hydrogen-bond donors (Lipinski definition) is 1. The van der Waals surface area contributed by atoms with Crippen LogP contribution in [0.25, 0.3) is 0 Å². The fraction of sp³-hybridized carbons (Fsp3) is 0.500. The van der Waals surface area contributed by atoms with E-state index in [1.165, 1.54) is 25.5 Å². The molecule has 1 N–H and O–H groups in total. The van der Waals surface area contributed by atoms with E-state index >= 15 is 0 Å². The Balaban J connectivity index is 1.59. The van der Waals surface area contributed by atoms with Gasteiger partial charge in [0.2, 0.25) is 11.8 Å². The first kappa shape index (κ1) is 20.0. The number of benzene rings is 1. The molecule has 2 aliphatic heterocycles. The summed E-state index contributed by atoms with van der Waals surface area (Å²) < 4.78 is 5.11. The zero-order valence-electron chi connectivity index (χ0n) is 16.1. The van der Waals surface area contributed by atoms with Gasteiger partial charge in [0.25, 0.3) is 0 Å². The predicted molar refractivity (Wildman–Crippen MR) is 104 cm³/mol. The molecular formula is C20H26N4O4. The fourth-order valence-corrected chi connectivity index (χ4v) is 3.39. The summed E-state index contributed by atoms with van der Waals surface area (Å²) in [6, 6.07) is 6.36. The first-order chi connectivity index (χ1) is 13.6. The molecular weight excluding hydrogens is 360 g/mol. The minimum atomic E-state index is -1.07. The van der Waals surface area contributed by atoms with E-state index in [1.807, 2.05) is 0 Å². The molecule has 0 aromatic heterocycles. The highest BCUT2D eigenvalue weighted by Crippen LogP contribution is 2.16. The third-order valence-electron chi connectivity index (χ3n) is 5.04. The van der Waals surface area contributed by atoms with Gasteiger partial charge in [-0.15, -0.1) is 0 Å². The molecule has 0 spiro atoms. The van der Waals surface area contributed by atoms with Gasteiger partial charge in [-0.3, -0.25) is 24.8 Å². The molecule has 2 heterocycles. The topological polar surface area (TPSA) is 91.3 Å². The number of carbonyl (C=O) groups excluding carboxylic acids is 3. The highest BCUT2D eigenvalue weighted by molar-refractivity contribution is 6.23. The van der Waals surface area contributed by atoms with Crippen molar-refractivity contribution in [2.75, 3.05) is 33.3 Å². The second-order valence-corrected chi connectivity index (χ2v) is 7.00. The highest BCUT2D eigenvalue weighted by Gasteiger charge is 2.39. The number of likely N-dealkylation sites (tertiary alicyclic amines) is 1. The van der Waals surface area contributed by atoms with Crippen molar-refractivity contribution in [3.8, 4) is 5.75 Å². The highest BCUT2D eigenvalue weighted by atomic mass is 16.5. The summed E-state index contributed by atoms with van der Waals surface area (Å²) in [5.74, 6) is -1.56. The van der Waals surface area contributed by atoms with Crippen molar-refractivity contribution >= 4 is 24.1 Å². The molecule has 8 nitrogen and oxygen atoms in total. The van der Waals surface area contributed by atoms with E-state index in [0.29, 0.717) is 12.3 Å². The van der Waals surface area contributed by atoms with Crippen LogP contribution >= 0.6 is 0 Å². The van der Waals surface area contributed by atoms with Crippen LogP contribution in [0.4, 0.5) is 4.79 Å². The van der Waals surface area contributed by atoms with E-state index in [-0.39, 0.29) is 6.54 Å². The van der Waals surface area contributed by atoms with Gasteiger partial charge < -0.3 is 9.64 Å². The maximum atomic E-state index is 12.7. The van der Waals surface area contributed by atoms with Crippen LogP contribution in [0.15, 0.2) is 29.3 Å². The average molecular weight is 386 g/mol. The monoisotopic (exact) mass is 386 g/mol. The van der Waals surface area contributed by atoms with Crippen LogP contribution < -0.4 is 10.1 Å². The van der Waals surface area contributed by atoms with E-state index in [9.17, 15) is 14.4 Å². The number of urea groups is 1. The summed E-state index contributed by atoms with van der Waals surface area (Å²) in [5.41, 5.74) is 0.763. The van der Waals surface area contributed by atoms with Gasteiger partial charge >= 0.3 is 6.03 Å². The lowest BCUT2D eigenvalue weighted by Gasteiger charge is -2.28. The molecule has 8 heteroatoms. The number of methoxy groups -OCH3 is 1. The van der Waals surface area contributed by atoms with Gasteiger partial charge in [0, 0.05) is 12.8 Å². The van der Waals surface area contributed by atoms with Crippen molar-refractivity contribution in [1.82, 2.24) is 15.1 Å². The number of aliphatic imine (C=N–C) groups is 1. The van der Waals surface area contributed by atoms with Crippen molar-refractivity contribution in [2.24, 2.45) is 10.9 Å². The predicted octanol–water partition coefficient (Wildman–Crippen LogP) is 1.45. The molecule has 2 fully saturated rings. The molecule has 0 radical (unpaired) electrons. The lowest BCUT2D eigenvalue weighted by molar-refractivity contribution is -0.139. The molecule has 4 amide bonds. The Hall–Kier alpha value is -2.74. The molecule has 2 aliphatic rings. The van der Waals surface area contributed by atoms with E-state index < -0.39 is 23.8 Å². The Labute approximate surface area is 164 Å². The number of amides is 4. The molecule has 28 heavy (non-hydrogen) atoms. The minimum absolute atomic E-state index is 0.0834. The first-order valence-corrected chi connectivity index (χ1v) is 9.60. The maximum absolute atomic E-state index is 12.7. The van der Waals surface area contributed by atoms with Gasteiger partial charge in [-0.1, -0.05) is 18.6 Å². The molecule has 0 saturated carbocycles. The van der Waals surface area contributed by atoms with E-state index in [4.69, 9.17) is 4.74 Å². The summed E-state index contributed by atoms with van der Waals surface area (Å²) in [4.78, 5) is 44.6. The summed E-state index contributed by atoms with van der Waals surface area (Å²) in [6.45, 7) is 3.57. The number of nitrogens with one attached hydrogen (secondary N) is 1. The molecule has 0 aliphatic carbocycles. The first-order valence-electron chi connectivity index (χ1n) is 9.60. The van der Waals surface area contributed by atoms with E-state index in [2.05, 4.69) is 15.2 Å². The minimum Gasteiger partial charge on any atom is -0.497 e. The Morgan fingerprint density at radius 2 is 1.86 bits per heavy atom. The van der Waals surface area contributed by atoms with Crippen molar-refractivity contribution in [1.29, 1.82) is 0 Å². The number of hydrogen-bond acceptors (Lipinski definition) is 6. The lowest BCUT2D eigenvalue weighted by Crippen LogP contribution is -2.57. The van der Waals surface area contributed by atoms with Gasteiger partial charge in [-0.2, -0.15) is 0 Å². The maximum Gasteiger partial charge on any atom is 0.331 e. The number of nitrogens with zero attached hydrogens (tertiary/aromatic N) is 3. The van der Waals surface area contributed by atoms with Crippen molar-refractivity contribution in [3.05, 3.63) is 29.8 Å². The number of barbiturate groups is 1. The number of rotatable bonds is 7. The van der Waals surface area contributed by atoms with Crippen molar-refractivity contribution in [2.45, 2.75) is 25.8 Å². The zero-order valence-corrected chi connectivity index (χ0v) is 16.1. The summed E-state index contributed by atoms with van der Waals surface area (Å²) in [6.07, 6.45) is 5.05. The number of ether oxygens (including phenoxy) is 1. The van der Waals surface area contributed by atoms with Crippen molar-refractivity contribution in [3.63, 3.8) is 0 Å². The van der Waals surface area contributed by atoms with Crippen LogP contribution in [0.3, 0.4) is 0 Å². The second kappa shape index (κ2) is 9.45. The SMILES string of the molecule is COc1ccc(CN2C(=O)NC(=O)[C@@H](C=NCCN3CCCCC3)C2=O)cc1. The van der Waals surface area contributed by atoms with Crippen LogP contribution in [-0.4, -0.2) is 67.1 Å². The second-order valence-electron chi connectivity index (χ2n) is 7.00. The molecule has 1 aromatic carbocycles. The smallest absolute Gasteiger partial charge is 0.331 e. The van der Waals surface area contributed by atoms with Gasteiger partial charge in [-0.25, -0.2) is 4.79 Å². The lowest BCUT2D eigenvalue weighted by atomic mass is 10.1. The molecule has 0 unspecified atom stereocenters. The van der Waals surface area contributed by atoms with Crippen LogP contribution in [0.5, 0.6) is 5.75 Å². The average Bonchev–Trinajstić information content (AvgIpc) is 2.71. The fourth-order valence-electron chi connectivity index (χ4n) is 3.39. The van der Waals surface area contributed by atoms with Crippen LogP contribution in [0.2, 0.25) is 0 Å². The van der Waals surface area contributed by atoms with Crippen LogP contribution in [0, 0.1) is 5.92 Å². The normalized spacial score (nSPS) is 21.2. The Kier molecular flexibility index (Phi) is 6.76. The van der Waals surface area contributed by atoms with Crippen LogP contribution in [0.1, 0.15) is 24.8 Å². The molecule has 3 rings (SSSR count). The molecule has 2 saturated heterocycles. The molecule has 1 atom stereocenters. The van der Waals surface area contributed by atoms with Crippen molar-refractivity contribution < 1.29 is 19.1 Å². The summed E-state index contributed by atoms with van der Waals surface area (Å²) in [5, 5.41) is 2.24. The largest absolute Gasteiger partial charge is 0.497 e. The van der Waals surface area contributed by atoms with Gasteiger partial charge in [0.05, 0.1) is 20.2 Å². The summed E-state index contributed by atoms with van der Waals surface area (Å²) in [7, 11) is 1.57. The quantitative estimate of drug-likeness (QED) is 0.566. The molecule has 1 aromatic rings. The third-order valence-corrected chi connectivity index (χ3v) is 5.04. The summed E-state index contributed by atoms with van der Waals surface area (Å²) >= 11 is 0. The van der Waals surface area contributed by atoms with Gasteiger partial charge in [0.1, 0.15) is 5.75 Å². The van der Waals surface area contributed by atoms with Gasteiger partial charge in [-0.05, 0) is 43.6 Å². The van der Waals surface area contributed by atoms with Gasteiger partial charge in [0.15, 0.2) is 5.92 Å². The number of piperidine rings is 1. The van der Waals surface area contributed by atoms with E-state index in [1.54, 1.807) is 31.4 Å². The Morgan fingerprint density at radius 1 is 1.14 bits per heavy atom. The molecule has 150 valence electrons. The Morgan fingerprint density at radius 3 is 2.54 bits per heavy atom. The Bertz CT molecular complexity index is 741.